The Morgan fingerprint density at radius 2 is 2.16 bits per heavy atom. The van der Waals surface area contributed by atoms with Crippen molar-refractivity contribution in [1.29, 1.82) is 0 Å². The van der Waals surface area contributed by atoms with Crippen molar-refractivity contribution in [2.75, 3.05) is 13.1 Å². The summed E-state index contributed by atoms with van der Waals surface area (Å²) in [6.07, 6.45) is 3.17. The molecule has 1 aliphatic heterocycles. The van der Waals surface area contributed by atoms with E-state index < -0.39 is 0 Å². The molecule has 134 valence electrons. The number of likely N-dealkylation sites (tertiary alicyclic amines) is 1. The van der Waals surface area contributed by atoms with E-state index in [4.69, 9.17) is 9.05 Å². The smallest absolute Gasteiger partial charge is 0.229 e. The summed E-state index contributed by atoms with van der Waals surface area (Å²) in [4.78, 5) is 20.7. The average Bonchev–Trinajstić information content (AvgIpc) is 2.95. The molecule has 2 aromatic heterocycles. The van der Waals surface area contributed by atoms with Gasteiger partial charge in [0.15, 0.2) is 11.6 Å². The Morgan fingerprint density at radius 3 is 2.84 bits per heavy atom. The quantitative estimate of drug-likeness (QED) is 0.789. The molecule has 1 amide bonds. The number of nitrogens with zero attached hydrogens (tertiary/aromatic N) is 5. The lowest BCUT2D eigenvalue weighted by molar-refractivity contribution is -0.131. The molecule has 0 aromatic carbocycles. The van der Waals surface area contributed by atoms with Gasteiger partial charge in [-0.15, -0.1) is 0 Å². The highest BCUT2D eigenvalue weighted by molar-refractivity contribution is 5.73. The normalized spacial score (nSPS) is 21.0. The second-order valence-corrected chi connectivity index (χ2v) is 7.08. The number of rotatable bonds is 6. The van der Waals surface area contributed by atoms with E-state index in [1.165, 1.54) is 0 Å². The van der Waals surface area contributed by atoms with Crippen LogP contribution in [0.4, 0.5) is 0 Å². The molecule has 8 nitrogen and oxygen atoms in total. The van der Waals surface area contributed by atoms with Crippen LogP contribution in [0.2, 0.25) is 0 Å². The molecule has 0 bridgehead atoms. The van der Waals surface area contributed by atoms with Crippen molar-refractivity contribution in [2.45, 2.75) is 58.2 Å². The van der Waals surface area contributed by atoms with Crippen LogP contribution in [0.15, 0.2) is 15.1 Å². The molecule has 0 spiro atoms. The minimum absolute atomic E-state index is 0.0418. The summed E-state index contributed by atoms with van der Waals surface area (Å²) in [6, 6.07) is 2.11. The van der Waals surface area contributed by atoms with Crippen LogP contribution in [0.1, 0.15) is 55.3 Å². The Bertz CT molecular complexity index is 751. The van der Waals surface area contributed by atoms with Crippen molar-refractivity contribution in [3.63, 3.8) is 0 Å². The Hall–Kier alpha value is -2.22. The number of carbonyl (C=O) groups is 1. The maximum Gasteiger partial charge on any atom is 0.229 e. The summed E-state index contributed by atoms with van der Waals surface area (Å²) in [5.41, 5.74) is 0.889. The molecular weight excluding hydrogens is 322 g/mol. The number of aryl methyl sites for hydroxylation is 1. The lowest BCUT2D eigenvalue weighted by Crippen LogP contribution is -2.40. The third kappa shape index (κ3) is 3.73. The van der Waals surface area contributed by atoms with Gasteiger partial charge in [0.2, 0.25) is 11.8 Å². The summed E-state index contributed by atoms with van der Waals surface area (Å²) in [5.74, 6) is 2.65. The highest BCUT2D eigenvalue weighted by atomic mass is 16.5. The van der Waals surface area contributed by atoms with Crippen molar-refractivity contribution in [3.8, 4) is 0 Å². The van der Waals surface area contributed by atoms with Gasteiger partial charge in [0.25, 0.3) is 0 Å². The van der Waals surface area contributed by atoms with Crippen LogP contribution in [0.3, 0.4) is 0 Å². The van der Waals surface area contributed by atoms with E-state index in [-0.39, 0.29) is 11.9 Å². The first-order valence-electron chi connectivity index (χ1n) is 8.82. The van der Waals surface area contributed by atoms with Crippen molar-refractivity contribution >= 4 is 5.91 Å². The van der Waals surface area contributed by atoms with Crippen molar-refractivity contribution < 1.29 is 13.8 Å². The minimum atomic E-state index is 0.0418. The molecular formula is C17H23N5O3. The van der Waals surface area contributed by atoms with Gasteiger partial charge < -0.3 is 13.9 Å². The van der Waals surface area contributed by atoms with Crippen LogP contribution in [-0.2, 0) is 17.9 Å². The van der Waals surface area contributed by atoms with Gasteiger partial charge in [0.1, 0.15) is 0 Å². The number of carbonyl (C=O) groups excluding carboxylic acids is 1. The van der Waals surface area contributed by atoms with E-state index in [0.717, 1.165) is 50.4 Å². The van der Waals surface area contributed by atoms with E-state index in [0.29, 0.717) is 24.2 Å². The monoisotopic (exact) mass is 345 g/mol. The van der Waals surface area contributed by atoms with Gasteiger partial charge >= 0.3 is 0 Å². The number of amides is 1. The maximum atomic E-state index is 12.1. The number of hydrogen-bond donors (Lipinski definition) is 0. The molecule has 0 unspecified atom stereocenters. The van der Waals surface area contributed by atoms with Crippen LogP contribution in [0.25, 0.3) is 0 Å². The average molecular weight is 345 g/mol. The van der Waals surface area contributed by atoms with Crippen molar-refractivity contribution in [3.05, 3.63) is 29.2 Å². The van der Waals surface area contributed by atoms with Crippen LogP contribution >= 0.6 is 0 Å². The third-order valence-corrected chi connectivity index (χ3v) is 4.87. The van der Waals surface area contributed by atoms with Gasteiger partial charge in [-0.05, 0) is 26.2 Å². The maximum absolute atomic E-state index is 12.1. The summed E-state index contributed by atoms with van der Waals surface area (Å²) in [6.45, 7) is 6.38. The van der Waals surface area contributed by atoms with E-state index in [9.17, 15) is 4.79 Å². The topological polar surface area (TPSA) is 88.5 Å². The van der Waals surface area contributed by atoms with E-state index >= 15 is 0 Å². The second-order valence-electron chi connectivity index (χ2n) is 7.08. The molecule has 1 saturated carbocycles. The molecule has 2 aromatic rings. The molecule has 0 N–H and O–H groups in total. The van der Waals surface area contributed by atoms with E-state index in [1.807, 2.05) is 17.9 Å². The molecule has 1 atom stereocenters. The molecule has 0 radical (unpaired) electrons. The minimum Gasteiger partial charge on any atom is -0.360 e. The first kappa shape index (κ1) is 16.3. The fourth-order valence-electron chi connectivity index (χ4n) is 3.40. The zero-order chi connectivity index (χ0) is 17.4. The Kier molecular flexibility index (Phi) is 4.29. The van der Waals surface area contributed by atoms with Gasteiger partial charge in [0, 0.05) is 38.0 Å². The molecule has 1 saturated heterocycles. The van der Waals surface area contributed by atoms with Gasteiger partial charge in [-0.2, -0.15) is 4.98 Å². The van der Waals surface area contributed by atoms with Crippen molar-refractivity contribution in [2.24, 2.45) is 0 Å². The molecule has 8 heteroatoms. The van der Waals surface area contributed by atoms with Crippen LogP contribution in [0, 0.1) is 6.92 Å². The molecule has 2 fully saturated rings. The largest absolute Gasteiger partial charge is 0.360 e. The van der Waals surface area contributed by atoms with E-state index in [2.05, 4.69) is 20.2 Å². The fourth-order valence-corrected chi connectivity index (χ4v) is 3.40. The number of hydrogen-bond acceptors (Lipinski definition) is 7. The summed E-state index contributed by atoms with van der Waals surface area (Å²) < 4.78 is 10.6. The molecule has 3 heterocycles. The number of aromatic nitrogens is 3. The molecule has 25 heavy (non-hydrogen) atoms. The first-order chi connectivity index (χ1) is 12.1. The van der Waals surface area contributed by atoms with E-state index in [1.54, 1.807) is 6.92 Å². The summed E-state index contributed by atoms with van der Waals surface area (Å²) >= 11 is 0. The standard InChI is InChI=1S/C17H23N5O3/c1-11-7-15(24-19-11)9-21-6-5-14(8-21)22(12(2)23)10-16-18-17(25-20-16)13-3-4-13/h7,13-14H,3-6,8-10H2,1-2H3/t14-/m0/s1. The third-order valence-electron chi connectivity index (χ3n) is 4.87. The van der Waals surface area contributed by atoms with Gasteiger partial charge in [-0.1, -0.05) is 10.3 Å². The lowest BCUT2D eigenvalue weighted by atomic mass is 10.2. The predicted octanol–water partition coefficient (Wildman–Crippen LogP) is 1.87. The zero-order valence-corrected chi connectivity index (χ0v) is 14.6. The molecule has 2 aliphatic rings. The highest BCUT2D eigenvalue weighted by Gasteiger charge is 2.33. The predicted molar refractivity (Wildman–Crippen MR) is 87.4 cm³/mol. The first-order valence-corrected chi connectivity index (χ1v) is 8.82. The van der Waals surface area contributed by atoms with Crippen LogP contribution in [0.5, 0.6) is 0 Å². The van der Waals surface area contributed by atoms with Gasteiger partial charge in [-0.3, -0.25) is 9.69 Å². The van der Waals surface area contributed by atoms with Crippen molar-refractivity contribution in [1.82, 2.24) is 25.1 Å². The van der Waals surface area contributed by atoms with Gasteiger partial charge in [0.05, 0.1) is 18.8 Å². The SMILES string of the molecule is CC(=O)N(Cc1noc(C2CC2)n1)[C@H]1CCN(Cc2cc(C)no2)C1. The fraction of sp³-hybridized carbons (Fsp3) is 0.647. The second kappa shape index (κ2) is 6.59. The van der Waals surface area contributed by atoms with Crippen LogP contribution in [-0.4, -0.2) is 50.1 Å². The molecule has 1 aliphatic carbocycles. The molecule has 4 rings (SSSR count). The summed E-state index contributed by atoms with van der Waals surface area (Å²) in [5, 5.41) is 7.97. The van der Waals surface area contributed by atoms with Crippen LogP contribution < -0.4 is 0 Å². The summed E-state index contributed by atoms with van der Waals surface area (Å²) in [7, 11) is 0. The highest BCUT2D eigenvalue weighted by Crippen LogP contribution is 2.38. The van der Waals surface area contributed by atoms with Gasteiger partial charge in [-0.25, -0.2) is 0 Å². The zero-order valence-electron chi connectivity index (χ0n) is 14.6. The Morgan fingerprint density at radius 1 is 1.32 bits per heavy atom. The Balaban J connectivity index is 1.37. The Labute approximate surface area is 146 Å². The lowest BCUT2D eigenvalue weighted by Gasteiger charge is -2.26.